The van der Waals surface area contributed by atoms with Crippen molar-refractivity contribution < 1.29 is 4.42 Å². The number of hydrogen-bond acceptors (Lipinski definition) is 2. The SMILES string of the molecule is C[CH2][Ge]([CH2]C)([CH2]C)[c]1ccc(-c2nc3ccccc3[nH]2)o1. The second kappa shape index (κ2) is 5.72. The van der Waals surface area contributed by atoms with E-state index in [2.05, 4.69) is 42.9 Å². The molecular formula is C17H22GeN2O. The van der Waals surface area contributed by atoms with Gasteiger partial charge < -0.3 is 0 Å². The van der Waals surface area contributed by atoms with Crippen LogP contribution in [0.5, 0.6) is 0 Å². The third-order valence-corrected chi connectivity index (χ3v) is 16.1. The van der Waals surface area contributed by atoms with Crippen LogP contribution in [0.4, 0.5) is 0 Å². The molecule has 0 spiro atoms. The number of nitrogens with one attached hydrogen (secondary N) is 1. The average Bonchev–Trinajstić information content (AvgIpc) is 3.16. The van der Waals surface area contributed by atoms with Crippen LogP contribution in [0.3, 0.4) is 0 Å². The van der Waals surface area contributed by atoms with Gasteiger partial charge in [-0.2, -0.15) is 0 Å². The van der Waals surface area contributed by atoms with E-state index in [-0.39, 0.29) is 0 Å². The molecule has 0 unspecified atom stereocenters. The first-order chi connectivity index (χ1) is 10.2. The van der Waals surface area contributed by atoms with E-state index in [9.17, 15) is 0 Å². The van der Waals surface area contributed by atoms with Gasteiger partial charge in [0.15, 0.2) is 0 Å². The number of H-pyrrole nitrogens is 1. The van der Waals surface area contributed by atoms with Crippen LogP contribution in [0.25, 0.3) is 22.6 Å². The maximum atomic E-state index is 6.23. The van der Waals surface area contributed by atoms with Crippen molar-refractivity contribution in [2.24, 2.45) is 0 Å². The first-order valence-corrected chi connectivity index (χ1v) is 13.3. The van der Waals surface area contributed by atoms with Gasteiger partial charge in [0.05, 0.1) is 0 Å². The van der Waals surface area contributed by atoms with Crippen molar-refractivity contribution in [3.05, 3.63) is 36.4 Å². The van der Waals surface area contributed by atoms with Gasteiger partial charge in [-0.3, -0.25) is 0 Å². The van der Waals surface area contributed by atoms with Crippen molar-refractivity contribution in [3.8, 4) is 11.6 Å². The molecule has 1 N–H and O–H groups in total. The third-order valence-electron chi connectivity index (χ3n) is 4.78. The molecule has 0 atom stereocenters. The molecule has 3 rings (SSSR count). The van der Waals surface area contributed by atoms with Gasteiger partial charge in [0.2, 0.25) is 0 Å². The normalized spacial score (nSPS) is 12.1. The van der Waals surface area contributed by atoms with Crippen LogP contribution in [0, 0.1) is 0 Å². The molecule has 21 heavy (non-hydrogen) atoms. The van der Waals surface area contributed by atoms with Crippen molar-refractivity contribution in [2.75, 3.05) is 0 Å². The Labute approximate surface area is 128 Å². The second-order valence-electron chi connectivity index (χ2n) is 5.61. The summed E-state index contributed by atoms with van der Waals surface area (Å²) in [6, 6.07) is 12.4. The van der Waals surface area contributed by atoms with Crippen LogP contribution in [0.1, 0.15) is 20.8 Å². The topological polar surface area (TPSA) is 41.8 Å². The molecule has 0 bridgehead atoms. The summed E-state index contributed by atoms with van der Waals surface area (Å²) in [6.07, 6.45) is 0. The zero-order chi connectivity index (χ0) is 14.9. The van der Waals surface area contributed by atoms with Gasteiger partial charge in [-0.05, 0) is 0 Å². The monoisotopic (exact) mass is 344 g/mol. The Hall–Kier alpha value is -1.49. The summed E-state index contributed by atoms with van der Waals surface area (Å²) in [7, 11) is 0. The predicted molar refractivity (Wildman–Crippen MR) is 90.6 cm³/mol. The summed E-state index contributed by atoms with van der Waals surface area (Å²) in [6.45, 7) is 6.95. The molecule has 0 amide bonds. The van der Waals surface area contributed by atoms with E-state index < -0.39 is 13.3 Å². The van der Waals surface area contributed by atoms with Crippen LogP contribution in [-0.2, 0) is 0 Å². The molecule has 3 nitrogen and oxygen atoms in total. The Balaban J connectivity index is 2.01. The molecule has 110 valence electrons. The van der Waals surface area contributed by atoms with E-state index in [0.717, 1.165) is 22.6 Å². The molecule has 0 aliphatic rings. The van der Waals surface area contributed by atoms with E-state index in [1.54, 1.807) is 0 Å². The van der Waals surface area contributed by atoms with Crippen molar-refractivity contribution >= 4 is 28.9 Å². The molecule has 0 fully saturated rings. The molecule has 0 aliphatic heterocycles. The van der Waals surface area contributed by atoms with Crippen LogP contribution < -0.4 is 4.59 Å². The van der Waals surface area contributed by atoms with Gasteiger partial charge in [-0.1, -0.05) is 0 Å². The number of furan rings is 1. The summed E-state index contributed by atoms with van der Waals surface area (Å²) in [4.78, 5) is 7.97. The zero-order valence-electron chi connectivity index (χ0n) is 12.9. The van der Waals surface area contributed by atoms with Gasteiger partial charge >= 0.3 is 128 Å². The fourth-order valence-electron chi connectivity index (χ4n) is 3.09. The molecule has 3 aromatic rings. The van der Waals surface area contributed by atoms with Gasteiger partial charge in [-0.25, -0.2) is 0 Å². The summed E-state index contributed by atoms with van der Waals surface area (Å²) >= 11 is -2.01. The summed E-state index contributed by atoms with van der Waals surface area (Å²) < 4.78 is 7.49. The minimum absolute atomic E-state index is 0.835. The molecule has 2 aromatic heterocycles. The van der Waals surface area contributed by atoms with Gasteiger partial charge in [-0.15, -0.1) is 0 Å². The Morgan fingerprint density at radius 1 is 1.00 bits per heavy atom. The molecule has 0 aliphatic carbocycles. The van der Waals surface area contributed by atoms with Crippen molar-refractivity contribution in [3.63, 3.8) is 0 Å². The third kappa shape index (κ3) is 2.44. The average molecular weight is 343 g/mol. The van der Waals surface area contributed by atoms with Crippen LogP contribution in [0.15, 0.2) is 40.8 Å². The van der Waals surface area contributed by atoms with Gasteiger partial charge in [0, 0.05) is 0 Å². The Morgan fingerprint density at radius 2 is 1.71 bits per heavy atom. The van der Waals surface area contributed by atoms with Crippen molar-refractivity contribution in [1.29, 1.82) is 0 Å². The van der Waals surface area contributed by atoms with E-state index >= 15 is 0 Å². The van der Waals surface area contributed by atoms with Crippen LogP contribution in [0.2, 0.25) is 15.8 Å². The van der Waals surface area contributed by atoms with E-state index in [0.29, 0.717) is 0 Å². The molecule has 2 heterocycles. The summed E-state index contributed by atoms with van der Waals surface area (Å²) in [5, 5.41) is 3.83. The number of fused-ring (bicyclic) bond motifs is 1. The van der Waals surface area contributed by atoms with Gasteiger partial charge in [0.25, 0.3) is 0 Å². The standard InChI is InChI=1S/C17H22GeN2O/c1-4-18(5-2,6-3)16-12-11-15(21-16)17-19-13-9-7-8-10-14(13)20-17/h7-12H,4-6H2,1-3H3,(H,19,20). The van der Waals surface area contributed by atoms with Gasteiger partial charge in [0.1, 0.15) is 0 Å². The first kappa shape index (κ1) is 14.5. The van der Waals surface area contributed by atoms with E-state index in [4.69, 9.17) is 4.42 Å². The number of rotatable bonds is 5. The Kier molecular flexibility index (Phi) is 3.93. The molecule has 1 aromatic carbocycles. The number of aromatic nitrogens is 2. The van der Waals surface area contributed by atoms with E-state index in [1.807, 2.05) is 24.3 Å². The quantitative estimate of drug-likeness (QED) is 0.692. The zero-order valence-corrected chi connectivity index (χ0v) is 15.0. The molecular weight excluding hydrogens is 321 g/mol. The molecule has 4 heteroatoms. The Morgan fingerprint density at radius 3 is 2.38 bits per heavy atom. The summed E-state index contributed by atoms with van der Waals surface area (Å²) in [5.74, 6) is 1.70. The maximum absolute atomic E-state index is 6.23. The number of para-hydroxylation sites is 2. The fourth-order valence-corrected chi connectivity index (χ4v) is 10.0. The number of imidazole rings is 1. The van der Waals surface area contributed by atoms with E-state index in [1.165, 1.54) is 20.4 Å². The van der Waals surface area contributed by atoms with Crippen LogP contribution >= 0.6 is 0 Å². The molecule has 0 saturated carbocycles. The Bertz CT molecular complexity index is 699. The van der Waals surface area contributed by atoms with Crippen LogP contribution in [-0.4, -0.2) is 23.2 Å². The second-order valence-corrected chi connectivity index (χ2v) is 16.5. The molecule has 0 radical (unpaired) electrons. The molecule has 0 saturated heterocycles. The minimum atomic E-state index is -2.01. The summed E-state index contributed by atoms with van der Waals surface area (Å²) in [5.41, 5.74) is 2.04. The number of aromatic amines is 1. The number of nitrogens with zero attached hydrogens (tertiary/aromatic N) is 1. The number of benzene rings is 1. The van der Waals surface area contributed by atoms with Crippen molar-refractivity contribution in [2.45, 2.75) is 36.5 Å². The fraction of sp³-hybridized carbons (Fsp3) is 0.353. The first-order valence-electron chi connectivity index (χ1n) is 7.78. The predicted octanol–water partition coefficient (Wildman–Crippen LogP) is 4.54. The number of hydrogen-bond donors (Lipinski definition) is 1. The van der Waals surface area contributed by atoms with Crippen molar-refractivity contribution in [1.82, 2.24) is 9.97 Å².